The first-order valence-electron chi connectivity index (χ1n) is 7.29. The monoisotopic (exact) mass is 378 g/mol. The van der Waals surface area contributed by atoms with E-state index in [1.54, 1.807) is 6.07 Å². The summed E-state index contributed by atoms with van der Waals surface area (Å²) in [6.45, 7) is -0.624. The summed E-state index contributed by atoms with van der Waals surface area (Å²) >= 11 is 5.84. The first kappa shape index (κ1) is 19.1. The number of ether oxygens (including phenoxy) is 2. The number of benzene rings is 2. The molecule has 9 heteroatoms. The van der Waals surface area contributed by atoms with Crippen LogP contribution in [0.3, 0.4) is 0 Å². The number of aromatic hydroxyl groups is 1. The van der Waals surface area contributed by atoms with Gasteiger partial charge in [0.25, 0.3) is 11.8 Å². The van der Waals surface area contributed by atoms with Crippen molar-refractivity contribution in [1.82, 2.24) is 10.9 Å². The second kappa shape index (κ2) is 8.72. The number of carbonyl (C=O) groups is 3. The van der Waals surface area contributed by atoms with Gasteiger partial charge >= 0.3 is 5.97 Å². The van der Waals surface area contributed by atoms with E-state index < -0.39 is 24.4 Å². The summed E-state index contributed by atoms with van der Waals surface area (Å²) in [6.07, 6.45) is 0. The zero-order valence-corrected chi connectivity index (χ0v) is 14.4. The molecule has 0 aliphatic heterocycles. The molecule has 0 saturated carbocycles. The van der Waals surface area contributed by atoms with E-state index in [0.29, 0.717) is 5.02 Å². The number of halogens is 1. The van der Waals surface area contributed by atoms with Crippen LogP contribution in [0.1, 0.15) is 20.7 Å². The topological polar surface area (TPSA) is 114 Å². The normalized spacial score (nSPS) is 9.92. The fraction of sp³-hybridized carbons (Fsp3) is 0.118. The molecule has 0 fully saturated rings. The van der Waals surface area contributed by atoms with Gasteiger partial charge in [0.1, 0.15) is 11.5 Å². The highest BCUT2D eigenvalue weighted by atomic mass is 35.5. The van der Waals surface area contributed by atoms with Crippen molar-refractivity contribution in [3.05, 3.63) is 58.6 Å². The van der Waals surface area contributed by atoms with Gasteiger partial charge in [0.15, 0.2) is 6.61 Å². The summed E-state index contributed by atoms with van der Waals surface area (Å²) in [5.74, 6) is -2.04. The summed E-state index contributed by atoms with van der Waals surface area (Å²) in [4.78, 5) is 35.5. The van der Waals surface area contributed by atoms with Crippen molar-refractivity contribution < 1.29 is 29.0 Å². The minimum atomic E-state index is -0.793. The van der Waals surface area contributed by atoms with E-state index in [2.05, 4.69) is 10.9 Å². The van der Waals surface area contributed by atoms with Crippen LogP contribution in [-0.2, 0) is 9.53 Å². The molecule has 0 spiro atoms. The molecular weight excluding hydrogens is 364 g/mol. The Morgan fingerprint density at radius 2 is 1.88 bits per heavy atom. The SMILES string of the molecule is COc1ccc(Cl)cc1C(=O)NNC(=O)COC(=O)c1cccc(O)c1. The van der Waals surface area contributed by atoms with Crippen molar-refractivity contribution in [3.8, 4) is 11.5 Å². The predicted molar refractivity (Wildman–Crippen MR) is 92.0 cm³/mol. The van der Waals surface area contributed by atoms with E-state index in [9.17, 15) is 19.5 Å². The molecule has 0 aliphatic carbocycles. The lowest BCUT2D eigenvalue weighted by molar-refractivity contribution is -0.125. The molecule has 8 nitrogen and oxygen atoms in total. The zero-order valence-electron chi connectivity index (χ0n) is 13.6. The van der Waals surface area contributed by atoms with Gasteiger partial charge in [-0.1, -0.05) is 17.7 Å². The highest BCUT2D eigenvalue weighted by Gasteiger charge is 2.15. The number of phenols is 1. The number of methoxy groups -OCH3 is 1. The Balaban J connectivity index is 1.86. The largest absolute Gasteiger partial charge is 0.508 e. The van der Waals surface area contributed by atoms with E-state index in [0.717, 1.165) is 0 Å². The third-order valence-corrected chi connectivity index (χ3v) is 3.37. The van der Waals surface area contributed by atoms with Crippen LogP contribution in [0.15, 0.2) is 42.5 Å². The minimum Gasteiger partial charge on any atom is -0.508 e. The maximum absolute atomic E-state index is 12.1. The fourth-order valence-corrected chi connectivity index (χ4v) is 2.11. The molecule has 26 heavy (non-hydrogen) atoms. The molecule has 0 heterocycles. The van der Waals surface area contributed by atoms with Crippen molar-refractivity contribution in [1.29, 1.82) is 0 Å². The van der Waals surface area contributed by atoms with Gasteiger partial charge in [0.05, 0.1) is 18.2 Å². The number of esters is 1. The van der Waals surface area contributed by atoms with Crippen LogP contribution in [0, 0.1) is 0 Å². The molecule has 0 atom stereocenters. The Labute approximate surface area is 153 Å². The lowest BCUT2D eigenvalue weighted by atomic mass is 10.2. The van der Waals surface area contributed by atoms with Crippen LogP contribution < -0.4 is 15.6 Å². The van der Waals surface area contributed by atoms with Crippen molar-refractivity contribution in [2.75, 3.05) is 13.7 Å². The Kier molecular flexibility index (Phi) is 6.40. The van der Waals surface area contributed by atoms with E-state index in [1.165, 1.54) is 43.5 Å². The second-order valence-electron chi connectivity index (χ2n) is 4.97. The molecule has 0 unspecified atom stereocenters. The van der Waals surface area contributed by atoms with Crippen LogP contribution in [0.25, 0.3) is 0 Å². The van der Waals surface area contributed by atoms with Gasteiger partial charge in [-0.15, -0.1) is 0 Å². The molecule has 136 valence electrons. The molecular formula is C17H15ClN2O6. The zero-order chi connectivity index (χ0) is 19.1. The molecule has 0 saturated heterocycles. The number of amides is 2. The van der Waals surface area contributed by atoms with E-state index in [1.807, 2.05) is 0 Å². The number of rotatable bonds is 5. The van der Waals surface area contributed by atoms with Crippen molar-refractivity contribution in [3.63, 3.8) is 0 Å². The van der Waals surface area contributed by atoms with Gasteiger partial charge in [0.2, 0.25) is 0 Å². The Morgan fingerprint density at radius 1 is 1.12 bits per heavy atom. The Morgan fingerprint density at radius 3 is 2.58 bits per heavy atom. The summed E-state index contributed by atoms with van der Waals surface area (Å²) in [5.41, 5.74) is 4.48. The maximum atomic E-state index is 12.1. The highest BCUT2D eigenvalue weighted by molar-refractivity contribution is 6.31. The van der Waals surface area contributed by atoms with Crippen LogP contribution in [0.4, 0.5) is 0 Å². The minimum absolute atomic E-state index is 0.0884. The average molecular weight is 379 g/mol. The van der Waals surface area contributed by atoms with Crippen LogP contribution in [0.2, 0.25) is 5.02 Å². The van der Waals surface area contributed by atoms with Crippen LogP contribution >= 0.6 is 11.6 Å². The number of hydrogen-bond acceptors (Lipinski definition) is 6. The fourth-order valence-electron chi connectivity index (χ4n) is 1.93. The summed E-state index contributed by atoms with van der Waals surface area (Å²) < 4.78 is 9.83. The number of nitrogens with one attached hydrogen (secondary N) is 2. The van der Waals surface area contributed by atoms with E-state index in [4.69, 9.17) is 21.1 Å². The predicted octanol–water partition coefficient (Wildman–Crippen LogP) is 1.67. The molecule has 0 aliphatic rings. The standard InChI is InChI=1S/C17H15ClN2O6/c1-25-14-6-5-11(18)8-13(14)16(23)20-19-15(22)9-26-17(24)10-3-2-4-12(21)7-10/h2-8,21H,9H2,1H3,(H,19,22)(H,20,23). The van der Waals surface area contributed by atoms with Gasteiger partial charge in [-0.3, -0.25) is 20.4 Å². The first-order valence-corrected chi connectivity index (χ1v) is 7.67. The Hall–Kier alpha value is -3.26. The van der Waals surface area contributed by atoms with Gasteiger partial charge in [-0.05, 0) is 36.4 Å². The third kappa shape index (κ3) is 5.12. The van der Waals surface area contributed by atoms with Gasteiger partial charge in [-0.25, -0.2) is 4.79 Å². The second-order valence-corrected chi connectivity index (χ2v) is 5.41. The van der Waals surface area contributed by atoms with Gasteiger partial charge < -0.3 is 14.6 Å². The van der Waals surface area contributed by atoms with Gasteiger partial charge in [0, 0.05) is 5.02 Å². The third-order valence-electron chi connectivity index (χ3n) is 3.14. The molecule has 0 radical (unpaired) electrons. The first-order chi connectivity index (χ1) is 12.4. The highest BCUT2D eigenvalue weighted by Crippen LogP contribution is 2.22. The van der Waals surface area contributed by atoms with Crippen molar-refractivity contribution >= 4 is 29.4 Å². The van der Waals surface area contributed by atoms with Crippen molar-refractivity contribution in [2.45, 2.75) is 0 Å². The van der Waals surface area contributed by atoms with Gasteiger partial charge in [-0.2, -0.15) is 0 Å². The lowest BCUT2D eigenvalue weighted by Crippen LogP contribution is -2.43. The Bertz CT molecular complexity index is 840. The number of phenolic OH excluding ortho intramolecular Hbond substituents is 1. The van der Waals surface area contributed by atoms with E-state index >= 15 is 0 Å². The quantitative estimate of drug-likeness (QED) is 0.538. The number of carbonyl (C=O) groups excluding carboxylic acids is 3. The maximum Gasteiger partial charge on any atom is 0.338 e. The summed E-state index contributed by atoms with van der Waals surface area (Å²) in [5, 5.41) is 9.62. The molecule has 2 aromatic rings. The van der Waals surface area contributed by atoms with Crippen LogP contribution in [0.5, 0.6) is 11.5 Å². The summed E-state index contributed by atoms with van der Waals surface area (Å²) in [6, 6.07) is 9.92. The summed E-state index contributed by atoms with van der Waals surface area (Å²) in [7, 11) is 1.39. The molecule has 3 N–H and O–H groups in total. The smallest absolute Gasteiger partial charge is 0.338 e. The van der Waals surface area contributed by atoms with Crippen LogP contribution in [-0.4, -0.2) is 36.6 Å². The molecule has 2 amide bonds. The number of hydrazine groups is 1. The number of hydrogen-bond donors (Lipinski definition) is 3. The molecule has 2 aromatic carbocycles. The van der Waals surface area contributed by atoms with Crippen molar-refractivity contribution in [2.24, 2.45) is 0 Å². The lowest BCUT2D eigenvalue weighted by Gasteiger charge is -2.11. The van der Waals surface area contributed by atoms with E-state index in [-0.39, 0.29) is 22.6 Å². The molecule has 0 bridgehead atoms. The molecule has 0 aromatic heterocycles. The molecule has 2 rings (SSSR count). The average Bonchev–Trinajstić information content (AvgIpc) is 2.64.